The molecule has 0 radical (unpaired) electrons. The lowest BCUT2D eigenvalue weighted by Crippen LogP contribution is -2.15. The first-order valence-electron chi connectivity index (χ1n) is 5.72. The quantitative estimate of drug-likeness (QED) is 0.756. The molecule has 0 amide bonds. The second kappa shape index (κ2) is 4.70. The molecule has 2 atom stereocenters. The molecular formula is C11H21NS. The summed E-state index contributed by atoms with van der Waals surface area (Å²) in [7, 11) is 0. The van der Waals surface area contributed by atoms with Crippen LogP contribution in [-0.4, -0.2) is 17.0 Å². The molecule has 0 saturated heterocycles. The SMILES string of the molecule is NC1CCC(CSC2CCCC2)C1. The lowest BCUT2D eigenvalue weighted by atomic mass is 10.1. The van der Waals surface area contributed by atoms with E-state index >= 15 is 0 Å². The van der Waals surface area contributed by atoms with Gasteiger partial charge in [-0.2, -0.15) is 11.8 Å². The van der Waals surface area contributed by atoms with E-state index in [1.54, 1.807) is 0 Å². The molecule has 0 bridgehead atoms. The fraction of sp³-hybridized carbons (Fsp3) is 1.00. The van der Waals surface area contributed by atoms with Crippen LogP contribution in [0.15, 0.2) is 0 Å². The Labute approximate surface area is 85.8 Å². The van der Waals surface area contributed by atoms with E-state index in [-0.39, 0.29) is 0 Å². The normalized spacial score (nSPS) is 35.8. The van der Waals surface area contributed by atoms with Gasteiger partial charge in [0.1, 0.15) is 0 Å². The summed E-state index contributed by atoms with van der Waals surface area (Å²) in [5.74, 6) is 2.33. The van der Waals surface area contributed by atoms with Gasteiger partial charge in [-0.15, -0.1) is 0 Å². The predicted molar refractivity (Wildman–Crippen MR) is 60.0 cm³/mol. The van der Waals surface area contributed by atoms with Gasteiger partial charge < -0.3 is 5.73 Å². The minimum Gasteiger partial charge on any atom is -0.328 e. The van der Waals surface area contributed by atoms with Crippen LogP contribution in [0.5, 0.6) is 0 Å². The van der Waals surface area contributed by atoms with Crippen molar-refractivity contribution in [1.82, 2.24) is 0 Å². The molecule has 2 aliphatic rings. The van der Waals surface area contributed by atoms with Gasteiger partial charge in [0.05, 0.1) is 0 Å². The van der Waals surface area contributed by atoms with Crippen LogP contribution in [0.2, 0.25) is 0 Å². The molecule has 2 heteroatoms. The summed E-state index contributed by atoms with van der Waals surface area (Å²) in [5.41, 5.74) is 5.90. The van der Waals surface area contributed by atoms with Gasteiger partial charge in [0, 0.05) is 11.3 Å². The zero-order valence-corrected chi connectivity index (χ0v) is 9.19. The van der Waals surface area contributed by atoms with E-state index in [1.807, 2.05) is 0 Å². The summed E-state index contributed by atoms with van der Waals surface area (Å²) in [5, 5.41) is 0.997. The van der Waals surface area contributed by atoms with E-state index in [0.717, 1.165) is 11.2 Å². The zero-order valence-electron chi connectivity index (χ0n) is 8.37. The average molecular weight is 199 g/mol. The highest BCUT2D eigenvalue weighted by Gasteiger charge is 2.23. The van der Waals surface area contributed by atoms with Crippen molar-refractivity contribution in [3.8, 4) is 0 Å². The minimum absolute atomic E-state index is 0.522. The fourth-order valence-electron chi connectivity index (χ4n) is 2.59. The molecule has 2 rings (SSSR count). The standard InChI is InChI=1S/C11H21NS/c12-10-6-5-9(7-10)8-13-11-3-1-2-4-11/h9-11H,1-8,12H2. The molecular weight excluding hydrogens is 178 g/mol. The van der Waals surface area contributed by atoms with Crippen molar-refractivity contribution < 1.29 is 0 Å². The highest BCUT2D eigenvalue weighted by Crippen LogP contribution is 2.34. The smallest absolute Gasteiger partial charge is 0.00471 e. The second-order valence-corrected chi connectivity index (χ2v) is 6.01. The maximum atomic E-state index is 5.90. The van der Waals surface area contributed by atoms with Crippen molar-refractivity contribution in [2.24, 2.45) is 11.7 Å². The van der Waals surface area contributed by atoms with Crippen LogP contribution in [0.1, 0.15) is 44.9 Å². The number of hydrogen-bond donors (Lipinski definition) is 1. The highest BCUT2D eigenvalue weighted by molar-refractivity contribution is 7.99. The average Bonchev–Trinajstić information content (AvgIpc) is 2.71. The summed E-state index contributed by atoms with van der Waals surface area (Å²) < 4.78 is 0. The Morgan fingerprint density at radius 2 is 1.85 bits per heavy atom. The fourth-order valence-corrected chi connectivity index (χ4v) is 4.11. The molecule has 2 N–H and O–H groups in total. The van der Waals surface area contributed by atoms with Crippen LogP contribution in [-0.2, 0) is 0 Å². The van der Waals surface area contributed by atoms with Crippen molar-refractivity contribution in [3.05, 3.63) is 0 Å². The summed E-state index contributed by atoms with van der Waals surface area (Å²) in [6, 6.07) is 0.522. The largest absolute Gasteiger partial charge is 0.328 e. The first-order valence-corrected chi connectivity index (χ1v) is 6.76. The van der Waals surface area contributed by atoms with Gasteiger partial charge in [-0.3, -0.25) is 0 Å². The molecule has 2 saturated carbocycles. The number of nitrogens with two attached hydrogens (primary N) is 1. The Bertz CT molecular complexity index is 154. The Morgan fingerprint density at radius 3 is 2.46 bits per heavy atom. The van der Waals surface area contributed by atoms with Crippen molar-refractivity contribution in [3.63, 3.8) is 0 Å². The van der Waals surface area contributed by atoms with E-state index in [0.29, 0.717) is 6.04 Å². The van der Waals surface area contributed by atoms with Gasteiger partial charge in [0.2, 0.25) is 0 Å². The lowest BCUT2D eigenvalue weighted by molar-refractivity contribution is 0.602. The number of rotatable bonds is 3. The number of hydrogen-bond acceptors (Lipinski definition) is 2. The molecule has 2 aliphatic carbocycles. The summed E-state index contributed by atoms with van der Waals surface area (Å²) in [4.78, 5) is 0. The molecule has 0 spiro atoms. The third kappa shape index (κ3) is 2.88. The van der Waals surface area contributed by atoms with Gasteiger partial charge in [-0.05, 0) is 43.8 Å². The summed E-state index contributed by atoms with van der Waals surface area (Å²) >= 11 is 2.23. The van der Waals surface area contributed by atoms with Crippen molar-refractivity contribution in [2.75, 3.05) is 5.75 Å². The van der Waals surface area contributed by atoms with Gasteiger partial charge in [-0.1, -0.05) is 12.8 Å². The highest BCUT2D eigenvalue weighted by atomic mass is 32.2. The topological polar surface area (TPSA) is 26.0 Å². The van der Waals surface area contributed by atoms with Crippen molar-refractivity contribution in [1.29, 1.82) is 0 Å². The number of thioether (sulfide) groups is 1. The van der Waals surface area contributed by atoms with E-state index in [9.17, 15) is 0 Å². The Kier molecular flexibility index (Phi) is 3.56. The second-order valence-electron chi connectivity index (χ2n) is 4.68. The maximum Gasteiger partial charge on any atom is 0.00471 e. The zero-order chi connectivity index (χ0) is 9.10. The first-order chi connectivity index (χ1) is 6.34. The van der Waals surface area contributed by atoms with E-state index in [1.165, 1.54) is 50.7 Å². The molecule has 0 aromatic carbocycles. The molecule has 0 aromatic heterocycles. The molecule has 13 heavy (non-hydrogen) atoms. The van der Waals surface area contributed by atoms with Crippen LogP contribution in [0.25, 0.3) is 0 Å². The predicted octanol–water partition coefficient (Wildman–Crippen LogP) is 2.79. The van der Waals surface area contributed by atoms with Gasteiger partial charge >= 0.3 is 0 Å². The van der Waals surface area contributed by atoms with Crippen molar-refractivity contribution >= 4 is 11.8 Å². The van der Waals surface area contributed by atoms with Crippen LogP contribution >= 0.6 is 11.8 Å². The van der Waals surface area contributed by atoms with Gasteiger partial charge in [-0.25, -0.2) is 0 Å². The molecule has 0 heterocycles. The molecule has 2 unspecified atom stereocenters. The summed E-state index contributed by atoms with van der Waals surface area (Å²) in [6.07, 6.45) is 9.85. The Morgan fingerprint density at radius 1 is 1.08 bits per heavy atom. The third-order valence-corrected chi connectivity index (χ3v) is 5.06. The molecule has 2 fully saturated rings. The molecule has 1 nitrogen and oxygen atoms in total. The maximum absolute atomic E-state index is 5.90. The van der Waals surface area contributed by atoms with Crippen LogP contribution < -0.4 is 5.73 Å². The van der Waals surface area contributed by atoms with E-state index < -0.39 is 0 Å². The molecule has 0 aliphatic heterocycles. The van der Waals surface area contributed by atoms with Crippen LogP contribution in [0, 0.1) is 5.92 Å². The van der Waals surface area contributed by atoms with Crippen molar-refractivity contribution in [2.45, 2.75) is 56.2 Å². The monoisotopic (exact) mass is 199 g/mol. The van der Waals surface area contributed by atoms with Crippen LogP contribution in [0.3, 0.4) is 0 Å². The van der Waals surface area contributed by atoms with Gasteiger partial charge in [0.15, 0.2) is 0 Å². The van der Waals surface area contributed by atoms with E-state index in [4.69, 9.17) is 5.73 Å². The molecule has 0 aromatic rings. The first kappa shape index (κ1) is 9.85. The minimum atomic E-state index is 0.522. The lowest BCUT2D eigenvalue weighted by Gasteiger charge is -2.12. The third-order valence-electron chi connectivity index (χ3n) is 3.45. The Hall–Kier alpha value is 0.310. The summed E-state index contributed by atoms with van der Waals surface area (Å²) in [6.45, 7) is 0. The molecule has 76 valence electrons. The van der Waals surface area contributed by atoms with Gasteiger partial charge in [0.25, 0.3) is 0 Å². The van der Waals surface area contributed by atoms with Crippen LogP contribution in [0.4, 0.5) is 0 Å². The van der Waals surface area contributed by atoms with E-state index in [2.05, 4.69) is 11.8 Å². The Balaban J connectivity index is 1.62.